The summed E-state index contributed by atoms with van der Waals surface area (Å²) < 4.78 is 95.6. The first-order chi connectivity index (χ1) is 10.3. The first kappa shape index (κ1) is 16.4. The summed E-state index contributed by atoms with van der Waals surface area (Å²) in [5, 5.41) is -0.527. The molecule has 0 atom stereocenters. The van der Waals surface area contributed by atoms with E-state index in [1.165, 1.54) is 0 Å². The summed E-state index contributed by atoms with van der Waals surface area (Å²) in [6.45, 7) is -3.39. The van der Waals surface area contributed by atoms with E-state index in [-0.39, 0.29) is 0 Å². The van der Waals surface area contributed by atoms with Gasteiger partial charge in [0, 0.05) is 5.56 Å². The molecule has 0 aromatic heterocycles. The molecule has 0 saturated carbocycles. The molecule has 0 radical (unpaired) electrons. The fourth-order valence-electron chi connectivity index (χ4n) is 1.77. The third-order valence-corrected chi connectivity index (χ3v) is 2.97. The van der Waals surface area contributed by atoms with Crippen LogP contribution < -0.4 is 4.74 Å². The van der Waals surface area contributed by atoms with Crippen LogP contribution in [-0.4, -0.2) is 6.61 Å². The zero-order chi connectivity index (χ0) is 16.6. The van der Waals surface area contributed by atoms with Crippen LogP contribution in [0.3, 0.4) is 0 Å². The van der Waals surface area contributed by atoms with E-state index in [1.807, 2.05) is 0 Å². The number of alkyl halides is 2. The average Bonchev–Trinajstić information content (AvgIpc) is 2.45. The molecular formula is C13H4ClF7O. The van der Waals surface area contributed by atoms with E-state index in [0.29, 0.717) is 0 Å². The molecule has 0 heterocycles. The summed E-state index contributed by atoms with van der Waals surface area (Å²) in [5.41, 5.74) is -2.31. The first-order valence-electron chi connectivity index (χ1n) is 5.50. The van der Waals surface area contributed by atoms with Crippen molar-refractivity contribution in [2.24, 2.45) is 0 Å². The largest absolute Gasteiger partial charge is 0.434 e. The lowest BCUT2D eigenvalue weighted by Crippen LogP contribution is -2.07. The molecule has 0 amide bonds. The number of ether oxygens (including phenoxy) is 1. The number of hydrogen-bond donors (Lipinski definition) is 0. The van der Waals surface area contributed by atoms with Crippen molar-refractivity contribution in [3.05, 3.63) is 52.3 Å². The van der Waals surface area contributed by atoms with Gasteiger partial charge in [-0.3, -0.25) is 0 Å². The Bertz CT molecular complexity index is 704. The Balaban J connectivity index is 2.83. The van der Waals surface area contributed by atoms with E-state index in [9.17, 15) is 30.7 Å². The summed E-state index contributed by atoms with van der Waals surface area (Å²) in [4.78, 5) is 0. The predicted octanol–water partition coefficient (Wildman–Crippen LogP) is 5.30. The molecule has 9 heteroatoms. The summed E-state index contributed by atoms with van der Waals surface area (Å²) in [6.07, 6.45) is 0. The fraction of sp³-hybridized carbons (Fsp3) is 0.0769. The summed E-state index contributed by atoms with van der Waals surface area (Å²) >= 11 is 5.64. The molecule has 118 valence electrons. The Kier molecular flexibility index (Phi) is 4.50. The van der Waals surface area contributed by atoms with Gasteiger partial charge >= 0.3 is 6.61 Å². The number of rotatable bonds is 3. The molecule has 2 aromatic rings. The van der Waals surface area contributed by atoms with Crippen molar-refractivity contribution in [2.45, 2.75) is 6.61 Å². The van der Waals surface area contributed by atoms with Gasteiger partial charge in [-0.2, -0.15) is 8.78 Å². The lowest BCUT2D eigenvalue weighted by atomic mass is 10.0. The number of halogens is 8. The van der Waals surface area contributed by atoms with E-state index >= 15 is 0 Å². The van der Waals surface area contributed by atoms with Crippen molar-refractivity contribution in [3.63, 3.8) is 0 Å². The second-order valence-electron chi connectivity index (χ2n) is 3.94. The van der Waals surface area contributed by atoms with Gasteiger partial charge in [0.05, 0.1) is 10.6 Å². The molecule has 0 bridgehead atoms. The molecule has 2 rings (SSSR count). The highest BCUT2D eigenvalue weighted by Gasteiger charge is 2.30. The minimum absolute atomic E-state index is 0.527. The second kappa shape index (κ2) is 6.04. The molecular weight excluding hydrogens is 341 g/mol. The van der Waals surface area contributed by atoms with Crippen molar-refractivity contribution < 1.29 is 35.5 Å². The minimum Gasteiger partial charge on any atom is -0.434 e. The lowest BCUT2D eigenvalue weighted by Gasteiger charge is -2.14. The number of benzene rings is 2. The highest BCUT2D eigenvalue weighted by atomic mass is 35.5. The van der Waals surface area contributed by atoms with Crippen molar-refractivity contribution in [2.75, 3.05) is 0 Å². The van der Waals surface area contributed by atoms with E-state index in [4.69, 9.17) is 11.6 Å². The van der Waals surface area contributed by atoms with Crippen molar-refractivity contribution >= 4 is 11.6 Å². The Labute approximate surface area is 123 Å². The van der Waals surface area contributed by atoms with E-state index < -0.39 is 57.6 Å². The molecule has 0 aliphatic heterocycles. The zero-order valence-electron chi connectivity index (χ0n) is 10.2. The van der Waals surface area contributed by atoms with Crippen LogP contribution in [0.15, 0.2) is 18.2 Å². The average molecular weight is 345 g/mol. The molecule has 0 aliphatic carbocycles. The van der Waals surface area contributed by atoms with Gasteiger partial charge in [0.15, 0.2) is 23.3 Å². The molecule has 0 N–H and O–H groups in total. The third kappa shape index (κ3) is 2.70. The van der Waals surface area contributed by atoms with Gasteiger partial charge in [0.2, 0.25) is 5.82 Å². The fourth-order valence-corrected chi connectivity index (χ4v) is 2.03. The molecule has 0 aliphatic rings. The third-order valence-electron chi connectivity index (χ3n) is 2.65. The standard InChI is InChI=1S/C13H4ClF7O/c14-4-2-1-3-5(22-13(20)21)6(4)7-8(15)10(17)12(19)11(18)9(7)16/h1-3,13H. The summed E-state index contributed by atoms with van der Waals surface area (Å²) in [6, 6.07) is 2.98. The van der Waals surface area contributed by atoms with Crippen LogP contribution in [0.25, 0.3) is 11.1 Å². The van der Waals surface area contributed by atoms with E-state index in [1.54, 1.807) is 0 Å². The quantitative estimate of drug-likeness (QED) is 0.417. The van der Waals surface area contributed by atoms with Crippen molar-refractivity contribution in [3.8, 4) is 16.9 Å². The predicted molar refractivity (Wildman–Crippen MR) is 63.3 cm³/mol. The topological polar surface area (TPSA) is 9.23 Å². The van der Waals surface area contributed by atoms with Crippen LogP contribution in [0.5, 0.6) is 5.75 Å². The van der Waals surface area contributed by atoms with Gasteiger partial charge in [0.1, 0.15) is 5.75 Å². The Morgan fingerprint density at radius 1 is 0.773 bits per heavy atom. The summed E-state index contributed by atoms with van der Waals surface area (Å²) in [5.74, 6) is -12.1. The van der Waals surface area contributed by atoms with E-state index in [0.717, 1.165) is 18.2 Å². The van der Waals surface area contributed by atoms with Crippen LogP contribution in [0.2, 0.25) is 5.02 Å². The number of hydrogen-bond acceptors (Lipinski definition) is 1. The monoisotopic (exact) mass is 344 g/mol. The molecule has 2 aromatic carbocycles. The van der Waals surface area contributed by atoms with Crippen LogP contribution in [0.4, 0.5) is 30.7 Å². The van der Waals surface area contributed by atoms with Crippen LogP contribution in [0, 0.1) is 29.1 Å². The molecule has 1 nitrogen and oxygen atoms in total. The smallest absolute Gasteiger partial charge is 0.387 e. The van der Waals surface area contributed by atoms with E-state index in [2.05, 4.69) is 4.74 Å². The Morgan fingerprint density at radius 2 is 1.27 bits per heavy atom. The van der Waals surface area contributed by atoms with Gasteiger partial charge < -0.3 is 4.74 Å². The van der Waals surface area contributed by atoms with Gasteiger partial charge in [-0.15, -0.1) is 0 Å². The van der Waals surface area contributed by atoms with Crippen LogP contribution in [0.1, 0.15) is 0 Å². The minimum atomic E-state index is -3.39. The molecule has 0 saturated heterocycles. The maximum atomic E-state index is 13.8. The molecule has 0 spiro atoms. The maximum absolute atomic E-state index is 13.8. The highest BCUT2D eigenvalue weighted by molar-refractivity contribution is 6.33. The lowest BCUT2D eigenvalue weighted by molar-refractivity contribution is -0.0494. The van der Waals surface area contributed by atoms with Gasteiger partial charge in [-0.1, -0.05) is 17.7 Å². The zero-order valence-corrected chi connectivity index (χ0v) is 11.0. The molecule has 0 unspecified atom stereocenters. The Hall–Kier alpha value is -1.96. The van der Waals surface area contributed by atoms with Crippen molar-refractivity contribution in [1.29, 1.82) is 0 Å². The first-order valence-corrected chi connectivity index (χ1v) is 5.88. The normalized spacial score (nSPS) is 11.1. The Morgan fingerprint density at radius 3 is 1.77 bits per heavy atom. The van der Waals surface area contributed by atoms with Gasteiger partial charge in [-0.05, 0) is 12.1 Å². The van der Waals surface area contributed by atoms with Crippen molar-refractivity contribution in [1.82, 2.24) is 0 Å². The molecule has 0 fully saturated rings. The van der Waals surface area contributed by atoms with Gasteiger partial charge in [0.25, 0.3) is 0 Å². The SMILES string of the molecule is Fc1c(F)c(F)c(-c2c(Cl)cccc2OC(F)F)c(F)c1F. The van der Waals surface area contributed by atoms with Gasteiger partial charge in [-0.25, -0.2) is 22.0 Å². The highest BCUT2D eigenvalue weighted by Crippen LogP contribution is 2.41. The summed E-state index contributed by atoms with van der Waals surface area (Å²) in [7, 11) is 0. The molecule has 22 heavy (non-hydrogen) atoms. The maximum Gasteiger partial charge on any atom is 0.387 e. The van der Waals surface area contributed by atoms with Crippen LogP contribution in [-0.2, 0) is 0 Å². The second-order valence-corrected chi connectivity index (χ2v) is 4.34. The van der Waals surface area contributed by atoms with Crippen LogP contribution >= 0.6 is 11.6 Å².